The molecule has 5 aromatic carbocycles. The molecule has 36 heteroatoms. The topological polar surface area (TPSA) is 436 Å². The minimum Gasteiger partial charge on any atom is -0.871 e. The molecule has 355 valence electrons. The number of carbonyl (C=O) groups excluding carboxylic acids is 1. The standard InChI is InChI=1S/C20H12Cl2N6O9S2.C16H13N5O7S.Cr.3Na/c21-18-24-19(22)26-20(25-18)23-9-2-1-8-5-14(39(35,36)37)15(16(29)11(8)6-9)28-27-13-4-3-10(38(32,33)34)7-12(13)17(30)31;1-9-14(16(23)20(19-9)10-5-3-2-4-6-10)18-17-12-7-11(21(24)25)8-13(15(12)22)29(26,27)28;;;;/h1-7,29H,(H,30,31)(H,32,33,34)(H,35,36,37)(H,23,24,25,26);2-8,19,22H,1H3,(H,26,27,28);;;;/q;;+3;3*+1/p-5. The first-order chi connectivity index (χ1) is 31.7. The average Bonchev–Trinajstić information content (AvgIpc) is 3.53. The molecule has 0 aliphatic rings. The largest absolute Gasteiger partial charge is 3.00 e. The van der Waals surface area contributed by atoms with E-state index in [9.17, 15) is 69.4 Å². The van der Waals surface area contributed by atoms with Crippen LogP contribution in [-0.4, -0.2) is 74.5 Å². The van der Waals surface area contributed by atoms with E-state index in [1.165, 1.54) is 29.8 Å². The Hall–Kier alpha value is -4.31. The summed E-state index contributed by atoms with van der Waals surface area (Å²) in [6.45, 7) is 1.52. The van der Waals surface area contributed by atoms with Crippen LogP contribution in [0.2, 0.25) is 10.6 Å². The van der Waals surface area contributed by atoms with E-state index in [1.54, 1.807) is 30.3 Å². The van der Waals surface area contributed by atoms with Crippen molar-refractivity contribution in [2.24, 2.45) is 20.5 Å². The molecular weight excluding hydrogens is 1130 g/mol. The van der Waals surface area contributed by atoms with Crippen LogP contribution in [0.25, 0.3) is 16.5 Å². The van der Waals surface area contributed by atoms with Crippen molar-refractivity contribution in [1.82, 2.24) is 24.7 Å². The number of non-ortho nitro benzene ring substituents is 1. The third-order valence-corrected chi connectivity index (χ3v) is 11.6. The molecule has 0 amide bonds. The van der Waals surface area contributed by atoms with Gasteiger partial charge in [0.1, 0.15) is 20.2 Å². The van der Waals surface area contributed by atoms with Gasteiger partial charge in [-0.3, -0.25) is 24.6 Å². The zero-order valence-corrected chi connectivity index (χ0v) is 47.8. The van der Waals surface area contributed by atoms with Crippen molar-refractivity contribution in [2.75, 3.05) is 5.32 Å². The first-order valence-corrected chi connectivity index (χ1v) is 22.8. The number of azo groups is 2. The summed E-state index contributed by atoms with van der Waals surface area (Å²) >= 11 is 11.5. The summed E-state index contributed by atoms with van der Waals surface area (Å²) in [5.41, 5.74) is -3.79. The van der Waals surface area contributed by atoms with Gasteiger partial charge in [0.25, 0.3) is 21.4 Å². The van der Waals surface area contributed by atoms with Crippen LogP contribution in [-0.2, 0) is 47.7 Å². The van der Waals surface area contributed by atoms with E-state index in [1.807, 2.05) is 0 Å². The van der Waals surface area contributed by atoms with Crippen LogP contribution in [0.5, 0.6) is 11.5 Å². The smallest absolute Gasteiger partial charge is 0.871 e. The summed E-state index contributed by atoms with van der Waals surface area (Å²) in [6, 6.07) is 16.3. The zero-order valence-electron chi connectivity index (χ0n) is 36.6. The molecule has 2 heterocycles. The number of benzene rings is 5. The van der Waals surface area contributed by atoms with Crippen LogP contribution in [0.15, 0.2) is 125 Å². The number of nitrogens with one attached hydrogen (secondary N) is 2. The number of nitro benzene ring substituents is 1. The molecule has 72 heavy (non-hydrogen) atoms. The summed E-state index contributed by atoms with van der Waals surface area (Å²) in [7, 11) is -15.4. The number of carbonyl (C=O) groups is 1. The number of carboxylic acids is 1. The van der Waals surface area contributed by atoms with Crippen molar-refractivity contribution in [3.8, 4) is 17.2 Å². The number of para-hydroxylation sites is 1. The Morgan fingerprint density at radius 1 is 0.764 bits per heavy atom. The molecule has 1 radical (unpaired) electrons. The minimum absolute atomic E-state index is 0. The van der Waals surface area contributed by atoms with Gasteiger partial charge in [0, 0.05) is 23.4 Å². The molecule has 0 fully saturated rings. The number of nitrogens with zero attached hydrogens (tertiary/aromatic N) is 9. The van der Waals surface area contributed by atoms with Crippen molar-refractivity contribution >= 4 is 110 Å². The van der Waals surface area contributed by atoms with Crippen LogP contribution in [0, 0.1) is 17.0 Å². The maximum Gasteiger partial charge on any atom is 3.00 e. The monoisotopic (exact) mass is 1150 g/mol. The van der Waals surface area contributed by atoms with Crippen LogP contribution in [0.4, 0.5) is 40.1 Å². The van der Waals surface area contributed by atoms with Gasteiger partial charge in [-0.15, -0.1) is 15.3 Å². The Bertz CT molecular complexity index is 3690. The van der Waals surface area contributed by atoms with Gasteiger partial charge < -0.3 is 34.5 Å². The fraction of sp³-hybridized carbons (Fsp3) is 0.0278. The summed E-state index contributed by atoms with van der Waals surface area (Å²) < 4.78 is 102. The molecule has 0 spiro atoms. The second-order valence-electron chi connectivity index (χ2n) is 13.2. The predicted molar refractivity (Wildman–Crippen MR) is 225 cm³/mol. The van der Waals surface area contributed by atoms with Crippen molar-refractivity contribution in [3.05, 3.63) is 127 Å². The molecule has 0 bridgehead atoms. The molecule has 0 aliphatic heterocycles. The Balaban J connectivity index is 0.000000485. The van der Waals surface area contributed by atoms with Crippen molar-refractivity contribution in [2.45, 2.75) is 21.6 Å². The number of aromatic carboxylic acids is 1. The van der Waals surface area contributed by atoms with E-state index in [-0.39, 0.29) is 150 Å². The van der Waals surface area contributed by atoms with Crippen LogP contribution in [0.1, 0.15) is 16.1 Å². The third kappa shape index (κ3) is 15.4. The number of anilines is 2. The number of H-pyrrole nitrogens is 1. The van der Waals surface area contributed by atoms with Gasteiger partial charge in [0.15, 0.2) is 5.69 Å². The number of aryl methyl sites for hydroxylation is 1. The van der Waals surface area contributed by atoms with Crippen LogP contribution >= 0.6 is 23.2 Å². The second kappa shape index (κ2) is 25.8. The quantitative estimate of drug-likeness (QED) is 0.0339. The molecule has 7 aromatic rings. The number of carboxylic acid groups (broad SMARTS) is 1. The number of rotatable bonds is 12. The minimum atomic E-state index is -5.30. The van der Waals surface area contributed by atoms with Gasteiger partial charge in [-0.25, -0.2) is 21.5 Å². The first-order valence-electron chi connectivity index (χ1n) is 17.8. The number of aromatic nitrogens is 5. The summed E-state index contributed by atoms with van der Waals surface area (Å²) in [5, 5.41) is 66.9. The van der Waals surface area contributed by atoms with E-state index >= 15 is 0 Å². The number of hydrogen-bond acceptors (Lipinski definition) is 23. The fourth-order valence-corrected chi connectivity index (χ4v) is 7.80. The fourth-order valence-electron chi connectivity index (χ4n) is 5.69. The maximum absolute atomic E-state index is 13.2. The first kappa shape index (κ1) is 63.8. The van der Waals surface area contributed by atoms with Gasteiger partial charge >= 0.3 is 106 Å². The Labute approximate surface area is 491 Å². The van der Waals surface area contributed by atoms with Crippen molar-refractivity contribution in [3.63, 3.8) is 0 Å². The molecule has 0 atom stereocenters. The van der Waals surface area contributed by atoms with Gasteiger partial charge in [-0.05, 0) is 89.4 Å². The normalized spacial score (nSPS) is 11.4. The van der Waals surface area contributed by atoms with Crippen molar-refractivity contribution < 1.29 is 170 Å². The predicted octanol–water partition coefficient (Wildman–Crippen LogP) is -5.14. The van der Waals surface area contributed by atoms with E-state index in [2.05, 4.69) is 45.8 Å². The van der Waals surface area contributed by atoms with E-state index in [0.717, 1.165) is 12.1 Å². The van der Waals surface area contributed by atoms with Crippen LogP contribution < -0.4 is 115 Å². The molecular formula is C36H20Cl2CrN11Na3O16S3+. The van der Waals surface area contributed by atoms with E-state index in [4.69, 9.17) is 27.8 Å². The van der Waals surface area contributed by atoms with Gasteiger partial charge in [-0.1, -0.05) is 35.8 Å². The Kier molecular flexibility index (Phi) is 22.8. The molecule has 0 aliphatic carbocycles. The summed E-state index contributed by atoms with van der Waals surface area (Å²) in [4.78, 5) is 42.0. The molecule has 0 saturated carbocycles. The molecule has 27 nitrogen and oxygen atoms in total. The maximum atomic E-state index is 13.2. The Morgan fingerprint density at radius 3 is 1.92 bits per heavy atom. The number of halogens is 2. The number of nitro groups is 1. The number of aromatic amines is 1. The van der Waals surface area contributed by atoms with E-state index < -0.39 is 101 Å². The zero-order chi connectivity index (χ0) is 50.0. The molecule has 3 N–H and O–H groups in total. The molecule has 7 rings (SSSR count). The van der Waals surface area contributed by atoms with Gasteiger partial charge in [-0.2, -0.15) is 28.5 Å². The second-order valence-corrected chi connectivity index (χ2v) is 18.0. The van der Waals surface area contributed by atoms with Crippen molar-refractivity contribution in [1.29, 1.82) is 0 Å². The molecule has 2 aromatic heterocycles. The summed E-state index contributed by atoms with van der Waals surface area (Å²) in [6.07, 6.45) is 0. The summed E-state index contributed by atoms with van der Waals surface area (Å²) in [5.74, 6) is -4.43. The molecule has 0 saturated heterocycles. The van der Waals surface area contributed by atoms with E-state index in [0.29, 0.717) is 30.0 Å². The number of fused-ring (bicyclic) bond motifs is 1. The third-order valence-electron chi connectivity index (χ3n) is 8.69. The SMILES string of the molecule is Cc1[nH]n(-c2ccccc2)c(=O)c1N=Nc1cc([N+](=O)[O-])cc(S(=O)(=O)O)c1[O-].O=C([O-])c1cc(S(=O)(=O)[O-])ccc1N=Nc1c(S(=O)(=O)[O-])cc2ccc(Nc3nc(Cl)nc(Cl)n3)cc2c1[O-].[Cr+3].[Na+].[Na+].[Na+]. The average molecular weight is 1150 g/mol. The van der Waals surface area contributed by atoms with Gasteiger partial charge in [0.2, 0.25) is 16.5 Å². The Morgan fingerprint density at radius 2 is 1.36 bits per heavy atom. The number of hydrogen-bond donors (Lipinski definition) is 3. The molecule has 0 unspecified atom stereocenters. The van der Waals surface area contributed by atoms with Gasteiger partial charge in [0.05, 0.1) is 54.0 Å². The van der Waals surface area contributed by atoms with Crippen LogP contribution in [0.3, 0.4) is 0 Å².